The van der Waals surface area contributed by atoms with Crippen molar-refractivity contribution in [3.05, 3.63) is 10.4 Å². The molecule has 0 aromatic rings. The van der Waals surface area contributed by atoms with Crippen LogP contribution in [0, 0.1) is 132 Å². The summed E-state index contributed by atoms with van der Waals surface area (Å²) in [7, 11) is 0. The average molecular weight is 949 g/mol. The zero-order chi connectivity index (χ0) is 10.7. The number of ether oxygens (including phenoxy) is 1. The van der Waals surface area contributed by atoms with E-state index in [1.807, 2.05) is 0 Å². The first kappa shape index (κ1) is 25.9. The van der Waals surface area contributed by atoms with Crippen LogP contribution < -0.4 is 0 Å². The van der Waals surface area contributed by atoms with Gasteiger partial charge >= 0.3 is 0 Å². The van der Waals surface area contributed by atoms with Crippen molar-refractivity contribution in [1.29, 1.82) is 0 Å². The Morgan fingerprint density at radius 3 is 2.18 bits per heavy atom. The van der Waals surface area contributed by atoms with Crippen molar-refractivity contribution in [2.75, 3.05) is 6.61 Å². The van der Waals surface area contributed by atoms with E-state index in [1.165, 1.54) is 0 Å². The second-order valence-corrected chi connectivity index (χ2v) is 3.79. The molecular weight excluding hydrogens is 939 g/mol. The molecule has 5 atom stereocenters. The molecule has 0 aromatic heterocycles. The predicted octanol–water partition coefficient (Wildman–Crippen LogP) is -0.501. The molecule has 0 aliphatic carbocycles. The summed E-state index contributed by atoms with van der Waals surface area (Å²) in [5.74, 6) is 0. The van der Waals surface area contributed by atoms with Crippen LogP contribution in [-0.2, 0) is 4.74 Å². The molecule has 0 spiro atoms. The Morgan fingerprint density at radius 1 is 1.24 bits per heavy atom. The molecule has 1 aliphatic rings. The van der Waals surface area contributed by atoms with Gasteiger partial charge in [-0.2, -0.15) is 0 Å². The van der Waals surface area contributed by atoms with E-state index in [9.17, 15) is 10.2 Å². The van der Waals surface area contributed by atoms with Gasteiger partial charge in [0.05, 0.1) is 18.8 Å². The van der Waals surface area contributed by atoms with E-state index in [1.54, 1.807) is 0 Å². The first-order valence-electron chi connectivity index (χ1n) is 3.92. The number of halogens is 1. The number of azide groups is 1. The molecule has 0 aromatic carbocycles. The van der Waals surface area contributed by atoms with Gasteiger partial charge in [-0.3, -0.25) is 0 Å². The van der Waals surface area contributed by atoms with Gasteiger partial charge in [-0.15, -0.1) is 0 Å². The molecule has 1 aliphatic heterocycles. The second kappa shape index (κ2) is 13.6. The van der Waals surface area contributed by atoms with Crippen molar-refractivity contribution < 1.29 is 152 Å². The van der Waals surface area contributed by atoms with E-state index < -0.39 is 36.0 Å². The summed E-state index contributed by atoms with van der Waals surface area (Å²) in [6.45, 7) is -0.409. The Bertz CT molecular complexity index is 259. The number of aliphatic hydroxyl groups excluding tert-OH is 3. The first-order chi connectivity index (χ1) is 6.61. The number of hydrogen-bond donors (Lipinski definition) is 3. The van der Waals surface area contributed by atoms with E-state index in [2.05, 4.69) is 26.0 Å². The fourth-order valence-corrected chi connectivity index (χ4v) is 1.84. The molecule has 1 fully saturated rings. The van der Waals surface area contributed by atoms with Gasteiger partial charge in [-0.1, -0.05) is 21.0 Å². The van der Waals surface area contributed by atoms with Gasteiger partial charge in [0.1, 0.15) is 17.2 Å². The maximum Gasteiger partial charge on any atom is 0.139 e. The molecule has 3 N–H and O–H groups in total. The Morgan fingerprint density at radius 2 is 1.76 bits per heavy atom. The minimum atomic E-state index is -1.21. The summed E-state index contributed by atoms with van der Waals surface area (Å²) in [5, 5.41) is 30.3. The Hall–Kier alpha value is 3.95. The quantitative estimate of drug-likeness (QED) is 0.150. The topological polar surface area (TPSA) is 119 Å². The average Bonchev–Trinajstić information content (AvgIpc) is 2.18. The molecule has 1 rings (SSSR count). The summed E-state index contributed by atoms with van der Waals surface area (Å²) in [6.07, 6.45) is -3.21. The number of rotatable bonds is 2. The fraction of sp³-hybridized carbons (Fsp3) is 1.00. The van der Waals surface area contributed by atoms with Crippen molar-refractivity contribution in [1.82, 2.24) is 0 Å². The third kappa shape index (κ3) is 7.67. The van der Waals surface area contributed by atoms with Crippen molar-refractivity contribution in [3.8, 4) is 0 Å². The van der Waals surface area contributed by atoms with E-state index in [0.29, 0.717) is 0 Å². The summed E-state index contributed by atoms with van der Waals surface area (Å²) < 4.78 is 5.02. The summed E-state index contributed by atoms with van der Waals surface area (Å²) in [5.41, 5.74) is 8.22. The van der Waals surface area contributed by atoms with Crippen LogP contribution in [0.1, 0.15) is 0 Å². The van der Waals surface area contributed by atoms with Crippen LogP contribution in [0.15, 0.2) is 5.11 Å². The van der Waals surface area contributed by atoms with Gasteiger partial charge < -0.3 is 20.1 Å². The molecule has 1 heterocycles. The number of hydrogen-bond acceptors (Lipinski definition) is 5. The van der Waals surface area contributed by atoms with Gasteiger partial charge in [-0.05, 0) is 5.53 Å². The standard InChI is InChI=1S/C6H10BrN3O4.3Ac/c7-6-5(13)3(9-10-8)4(12)2(1-11)14-6;;;/h2-6,11-13H,1H2;;;/t2-,3?,4?,5?,6?;;;/m1.../s1. The zero-order valence-electron chi connectivity index (χ0n) is 8.80. The SMILES string of the molecule is [Ac].[Ac].[Ac].[N-]=[N+]=NC1C(O)C(Br)O[C@H](CO)C1O. The van der Waals surface area contributed by atoms with Gasteiger partial charge in [0, 0.05) is 137 Å². The van der Waals surface area contributed by atoms with E-state index in [-0.39, 0.29) is 132 Å². The maximum absolute atomic E-state index is 9.52. The monoisotopic (exact) mass is 948 g/mol. The zero-order valence-corrected chi connectivity index (χ0v) is 24.6. The Labute approximate surface area is 214 Å². The van der Waals surface area contributed by atoms with Crippen LogP contribution in [0.25, 0.3) is 10.4 Å². The summed E-state index contributed by atoms with van der Waals surface area (Å²) in [6, 6.07) is -1.02. The second-order valence-electron chi connectivity index (χ2n) is 2.88. The van der Waals surface area contributed by atoms with Crippen molar-refractivity contribution >= 4 is 15.9 Å². The van der Waals surface area contributed by atoms with Crippen molar-refractivity contribution in [2.45, 2.75) is 29.4 Å². The fourth-order valence-electron chi connectivity index (χ4n) is 1.25. The molecule has 4 unspecified atom stereocenters. The molecule has 17 heavy (non-hydrogen) atoms. The minimum absolute atomic E-state index is 0. The predicted molar refractivity (Wildman–Crippen MR) is 49.6 cm³/mol. The van der Waals surface area contributed by atoms with E-state index in [0.717, 1.165) is 0 Å². The molecule has 0 saturated carbocycles. The van der Waals surface area contributed by atoms with Gasteiger partial charge in [0.15, 0.2) is 0 Å². The van der Waals surface area contributed by atoms with Crippen LogP contribution in [0.3, 0.4) is 0 Å². The Kier molecular flexibility index (Phi) is 20.7. The molecule has 89 valence electrons. The van der Waals surface area contributed by atoms with Crippen LogP contribution in [0.4, 0.5) is 0 Å². The smallest absolute Gasteiger partial charge is 0.139 e. The first-order valence-corrected chi connectivity index (χ1v) is 4.84. The summed E-state index contributed by atoms with van der Waals surface area (Å²) in [4.78, 5) is 2.51. The van der Waals surface area contributed by atoms with E-state index >= 15 is 0 Å². The minimum Gasteiger partial charge on any atom is -0.394 e. The van der Waals surface area contributed by atoms with Crippen LogP contribution in [0.5, 0.6) is 0 Å². The molecule has 3 radical (unpaired) electrons. The van der Waals surface area contributed by atoms with Gasteiger partial charge in [0.25, 0.3) is 0 Å². The molecular formula is C6H10Ac3BrN3O4. The van der Waals surface area contributed by atoms with Crippen LogP contribution in [0.2, 0.25) is 0 Å². The Balaban J connectivity index is -0.000000653. The molecule has 7 nitrogen and oxygen atoms in total. The molecule has 1 saturated heterocycles. The van der Waals surface area contributed by atoms with Gasteiger partial charge in [-0.25, -0.2) is 0 Å². The number of nitrogens with zero attached hydrogens (tertiary/aromatic N) is 3. The largest absolute Gasteiger partial charge is 0.394 e. The maximum atomic E-state index is 9.52. The van der Waals surface area contributed by atoms with Crippen LogP contribution in [-0.4, -0.2) is 51.3 Å². The normalized spacial score (nSPS) is 35.4. The van der Waals surface area contributed by atoms with Crippen molar-refractivity contribution in [3.63, 3.8) is 0 Å². The third-order valence-electron chi connectivity index (χ3n) is 2.02. The van der Waals surface area contributed by atoms with Crippen LogP contribution >= 0.6 is 15.9 Å². The third-order valence-corrected chi connectivity index (χ3v) is 2.78. The molecule has 0 amide bonds. The van der Waals surface area contributed by atoms with Gasteiger partial charge in [0.2, 0.25) is 0 Å². The van der Waals surface area contributed by atoms with Crippen molar-refractivity contribution in [2.24, 2.45) is 5.11 Å². The molecule has 11 heteroatoms. The number of alkyl halides is 1. The number of aliphatic hydroxyl groups is 3. The summed E-state index contributed by atoms with van der Waals surface area (Å²) >= 11 is 3.00. The molecule has 0 bridgehead atoms. The van der Waals surface area contributed by atoms with E-state index in [4.69, 9.17) is 15.4 Å².